The van der Waals surface area contributed by atoms with E-state index in [-0.39, 0.29) is 11.4 Å². The van der Waals surface area contributed by atoms with Gasteiger partial charge in [-0.1, -0.05) is 0 Å². The molecule has 2 N–H and O–H groups in total. The summed E-state index contributed by atoms with van der Waals surface area (Å²) in [6, 6.07) is 4.01. The van der Waals surface area contributed by atoms with Gasteiger partial charge in [0.05, 0.1) is 11.3 Å². The van der Waals surface area contributed by atoms with E-state index in [9.17, 15) is 5.11 Å². The van der Waals surface area contributed by atoms with Gasteiger partial charge in [-0.3, -0.25) is 4.98 Å². The Morgan fingerprint density at radius 1 is 1.55 bits per heavy atom. The number of nitrogens with zero attached hydrogens (tertiary/aromatic N) is 1. The first-order valence-corrected chi connectivity index (χ1v) is 8.43. The molecule has 5 heteroatoms. The third-order valence-corrected chi connectivity index (χ3v) is 5.43. The maximum Gasteiger partial charge on any atom is 0.138 e. The second-order valence-corrected chi connectivity index (χ2v) is 6.93. The number of aryl methyl sites for hydroxylation is 1. The molecular formula is C15H22N2O2S. The van der Waals surface area contributed by atoms with Crippen LogP contribution in [0.3, 0.4) is 0 Å². The standard InChI is InChI=1S/C15H22N2O2S/c1-11-2-3-14(18)13(17-11)9-16-12-4-6-19-15(8-12)5-7-20-10-15/h2-3,12,16,18H,4-10H2,1H3/t12-,15+/m0/s1. The molecule has 1 aromatic rings. The zero-order valence-corrected chi connectivity index (χ0v) is 12.7. The quantitative estimate of drug-likeness (QED) is 0.895. The van der Waals surface area contributed by atoms with Crippen molar-refractivity contribution in [3.05, 3.63) is 23.5 Å². The normalized spacial score (nSPS) is 29.9. The molecule has 0 unspecified atom stereocenters. The topological polar surface area (TPSA) is 54.4 Å². The summed E-state index contributed by atoms with van der Waals surface area (Å²) < 4.78 is 6.03. The lowest BCUT2D eigenvalue weighted by Gasteiger charge is -2.38. The maximum atomic E-state index is 9.84. The fourth-order valence-corrected chi connectivity index (χ4v) is 4.42. The summed E-state index contributed by atoms with van der Waals surface area (Å²) in [6.07, 6.45) is 3.29. The van der Waals surface area contributed by atoms with Crippen LogP contribution in [0.15, 0.2) is 12.1 Å². The van der Waals surface area contributed by atoms with Gasteiger partial charge in [-0.05, 0) is 44.1 Å². The minimum Gasteiger partial charge on any atom is -0.506 e. The number of hydrogen-bond donors (Lipinski definition) is 2. The van der Waals surface area contributed by atoms with E-state index < -0.39 is 0 Å². The van der Waals surface area contributed by atoms with Gasteiger partial charge in [-0.15, -0.1) is 0 Å². The van der Waals surface area contributed by atoms with Gasteiger partial charge in [0, 0.05) is 30.6 Å². The average Bonchev–Trinajstić information content (AvgIpc) is 2.88. The molecule has 0 radical (unpaired) electrons. The first kappa shape index (κ1) is 14.2. The highest BCUT2D eigenvalue weighted by Gasteiger charge is 2.40. The molecule has 2 saturated heterocycles. The van der Waals surface area contributed by atoms with E-state index in [2.05, 4.69) is 10.3 Å². The van der Waals surface area contributed by atoms with E-state index >= 15 is 0 Å². The van der Waals surface area contributed by atoms with Crippen molar-refractivity contribution in [2.75, 3.05) is 18.1 Å². The van der Waals surface area contributed by atoms with Crippen molar-refractivity contribution in [1.82, 2.24) is 10.3 Å². The van der Waals surface area contributed by atoms with Crippen LogP contribution in [0.5, 0.6) is 5.75 Å². The number of ether oxygens (including phenoxy) is 1. The monoisotopic (exact) mass is 294 g/mol. The first-order chi connectivity index (χ1) is 9.67. The van der Waals surface area contributed by atoms with Crippen LogP contribution in [0.25, 0.3) is 0 Å². The Morgan fingerprint density at radius 2 is 2.45 bits per heavy atom. The molecule has 1 spiro atoms. The van der Waals surface area contributed by atoms with Gasteiger partial charge < -0.3 is 15.2 Å². The molecule has 0 bridgehead atoms. The lowest BCUT2D eigenvalue weighted by atomic mass is 9.90. The number of rotatable bonds is 3. The predicted molar refractivity (Wildman–Crippen MR) is 81.1 cm³/mol. The Morgan fingerprint density at radius 3 is 3.25 bits per heavy atom. The minimum atomic E-state index is 0.0999. The van der Waals surface area contributed by atoms with Crippen LogP contribution in [0.4, 0.5) is 0 Å². The molecule has 3 rings (SSSR count). The summed E-state index contributed by atoms with van der Waals surface area (Å²) in [6.45, 7) is 3.41. The fraction of sp³-hybridized carbons (Fsp3) is 0.667. The van der Waals surface area contributed by atoms with E-state index in [0.717, 1.165) is 36.6 Å². The maximum absolute atomic E-state index is 9.84. The van der Waals surface area contributed by atoms with Crippen LogP contribution in [0.1, 0.15) is 30.7 Å². The van der Waals surface area contributed by atoms with Gasteiger partial charge >= 0.3 is 0 Å². The highest BCUT2D eigenvalue weighted by molar-refractivity contribution is 7.99. The Bertz CT molecular complexity index is 475. The zero-order chi connectivity index (χ0) is 14.0. The smallest absolute Gasteiger partial charge is 0.138 e. The molecule has 2 fully saturated rings. The lowest BCUT2D eigenvalue weighted by molar-refractivity contribution is -0.0703. The van der Waals surface area contributed by atoms with Crippen molar-refractivity contribution >= 4 is 11.8 Å². The van der Waals surface area contributed by atoms with E-state index in [1.54, 1.807) is 6.07 Å². The van der Waals surface area contributed by atoms with Gasteiger partial charge in [0.2, 0.25) is 0 Å². The van der Waals surface area contributed by atoms with Crippen molar-refractivity contribution in [3.63, 3.8) is 0 Å². The van der Waals surface area contributed by atoms with E-state index in [4.69, 9.17) is 4.74 Å². The van der Waals surface area contributed by atoms with Crippen molar-refractivity contribution in [3.8, 4) is 5.75 Å². The number of thioether (sulfide) groups is 1. The molecule has 3 heterocycles. The molecule has 2 atom stereocenters. The molecular weight excluding hydrogens is 272 g/mol. The molecule has 1 aromatic heterocycles. The first-order valence-electron chi connectivity index (χ1n) is 7.27. The Labute approximate surface area is 124 Å². The van der Waals surface area contributed by atoms with Gasteiger partial charge in [0.1, 0.15) is 5.75 Å². The molecule has 0 aliphatic carbocycles. The second-order valence-electron chi connectivity index (χ2n) is 5.82. The van der Waals surface area contributed by atoms with Crippen molar-refractivity contribution < 1.29 is 9.84 Å². The van der Waals surface area contributed by atoms with Crippen molar-refractivity contribution in [2.24, 2.45) is 0 Å². The molecule has 110 valence electrons. The summed E-state index contributed by atoms with van der Waals surface area (Å²) in [4.78, 5) is 4.40. The number of aromatic nitrogens is 1. The van der Waals surface area contributed by atoms with E-state index in [1.807, 2.05) is 24.8 Å². The van der Waals surface area contributed by atoms with Gasteiger partial charge in [-0.25, -0.2) is 0 Å². The molecule has 20 heavy (non-hydrogen) atoms. The largest absolute Gasteiger partial charge is 0.506 e. The molecule has 0 aromatic carbocycles. The molecule has 0 amide bonds. The van der Waals surface area contributed by atoms with Crippen LogP contribution in [0, 0.1) is 6.92 Å². The third kappa shape index (κ3) is 3.10. The molecule has 0 saturated carbocycles. The second kappa shape index (κ2) is 5.92. The van der Waals surface area contributed by atoms with Gasteiger partial charge in [0.25, 0.3) is 0 Å². The summed E-state index contributed by atoms with van der Waals surface area (Å²) in [5, 5.41) is 13.4. The highest BCUT2D eigenvalue weighted by Crippen LogP contribution is 2.38. The van der Waals surface area contributed by atoms with Crippen LogP contribution < -0.4 is 5.32 Å². The van der Waals surface area contributed by atoms with Crippen LogP contribution in [0.2, 0.25) is 0 Å². The molecule has 2 aliphatic heterocycles. The zero-order valence-electron chi connectivity index (χ0n) is 11.9. The van der Waals surface area contributed by atoms with Crippen molar-refractivity contribution in [2.45, 2.75) is 44.4 Å². The van der Waals surface area contributed by atoms with E-state index in [0.29, 0.717) is 12.6 Å². The number of aromatic hydroxyl groups is 1. The summed E-state index contributed by atoms with van der Waals surface area (Å²) in [5.41, 5.74) is 1.78. The number of nitrogens with one attached hydrogen (secondary N) is 1. The Balaban J connectivity index is 1.59. The molecule has 2 aliphatic rings. The number of pyridine rings is 1. The Hall–Kier alpha value is -0.780. The predicted octanol–water partition coefficient (Wildman–Crippen LogP) is 2.24. The van der Waals surface area contributed by atoms with Gasteiger partial charge in [-0.2, -0.15) is 11.8 Å². The average molecular weight is 294 g/mol. The number of hydrogen-bond acceptors (Lipinski definition) is 5. The molecule has 4 nitrogen and oxygen atoms in total. The fourth-order valence-electron chi connectivity index (χ4n) is 3.04. The summed E-state index contributed by atoms with van der Waals surface area (Å²) >= 11 is 2.00. The third-order valence-electron chi connectivity index (χ3n) is 4.21. The Kier molecular flexibility index (Phi) is 4.19. The van der Waals surface area contributed by atoms with E-state index in [1.165, 1.54) is 12.2 Å². The lowest BCUT2D eigenvalue weighted by Crippen LogP contribution is -2.47. The summed E-state index contributed by atoms with van der Waals surface area (Å²) in [5.74, 6) is 2.62. The highest BCUT2D eigenvalue weighted by atomic mass is 32.2. The SMILES string of the molecule is Cc1ccc(O)c(CN[C@H]2CCO[C@]3(CCSC3)C2)n1. The van der Waals surface area contributed by atoms with Crippen molar-refractivity contribution in [1.29, 1.82) is 0 Å². The van der Waals surface area contributed by atoms with Crippen LogP contribution in [-0.4, -0.2) is 39.8 Å². The van der Waals surface area contributed by atoms with Gasteiger partial charge in [0.15, 0.2) is 0 Å². The van der Waals surface area contributed by atoms with Crippen LogP contribution >= 0.6 is 11.8 Å². The van der Waals surface area contributed by atoms with Crippen LogP contribution in [-0.2, 0) is 11.3 Å². The minimum absolute atomic E-state index is 0.0999. The summed E-state index contributed by atoms with van der Waals surface area (Å²) in [7, 11) is 0.